The molecule has 0 saturated heterocycles. The van der Waals surface area contributed by atoms with E-state index in [1.54, 1.807) is 19.1 Å². The van der Waals surface area contributed by atoms with Gasteiger partial charge >= 0.3 is 6.18 Å². The molecule has 0 radical (unpaired) electrons. The molecule has 2 aromatic rings. The van der Waals surface area contributed by atoms with E-state index in [-0.39, 0.29) is 22.0 Å². The van der Waals surface area contributed by atoms with Crippen molar-refractivity contribution >= 4 is 22.4 Å². The maximum Gasteiger partial charge on any atom is 0.445 e. The SMILES string of the molecule is CCc1ccc(C(=O)Nc2nnc(C(F)(F)F)s2)c(C)n1. The number of nitrogens with zero attached hydrogens (tertiary/aromatic N) is 3. The van der Waals surface area contributed by atoms with Gasteiger partial charge in [0, 0.05) is 5.69 Å². The number of hydrogen-bond acceptors (Lipinski definition) is 5. The largest absolute Gasteiger partial charge is 0.445 e. The standard InChI is InChI=1S/C12H11F3N4OS/c1-3-7-4-5-8(6(2)16-7)9(20)17-11-19-18-10(21-11)12(13,14)15/h4-5H,3H2,1-2H3,(H,17,19,20). The van der Waals surface area contributed by atoms with Crippen molar-refractivity contribution in [2.75, 3.05) is 5.32 Å². The Morgan fingerprint density at radius 2 is 2.05 bits per heavy atom. The van der Waals surface area contributed by atoms with Crippen LogP contribution in [0.2, 0.25) is 0 Å². The summed E-state index contributed by atoms with van der Waals surface area (Å²) in [5, 5.41) is 7.29. The highest BCUT2D eigenvalue weighted by molar-refractivity contribution is 7.15. The van der Waals surface area contributed by atoms with E-state index in [0.717, 1.165) is 12.1 Å². The fourth-order valence-electron chi connectivity index (χ4n) is 1.60. The Morgan fingerprint density at radius 1 is 1.33 bits per heavy atom. The highest BCUT2D eigenvalue weighted by Crippen LogP contribution is 2.33. The molecule has 0 saturated carbocycles. The van der Waals surface area contributed by atoms with E-state index < -0.39 is 17.1 Å². The molecule has 5 nitrogen and oxygen atoms in total. The first-order chi connectivity index (χ1) is 9.81. The number of pyridine rings is 1. The number of hydrogen-bond donors (Lipinski definition) is 1. The maximum absolute atomic E-state index is 12.4. The zero-order valence-electron chi connectivity index (χ0n) is 11.2. The van der Waals surface area contributed by atoms with Crippen LogP contribution >= 0.6 is 11.3 Å². The minimum absolute atomic E-state index is 0.203. The van der Waals surface area contributed by atoms with Crippen molar-refractivity contribution in [3.63, 3.8) is 0 Å². The molecule has 112 valence electrons. The topological polar surface area (TPSA) is 67.8 Å². The lowest BCUT2D eigenvalue weighted by molar-refractivity contribution is -0.138. The molecule has 0 fully saturated rings. The second kappa shape index (κ2) is 5.76. The number of halogens is 3. The molecule has 0 spiro atoms. The van der Waals surface area contributed by atoms with Gasteiger partial charge in [-0.25, -0.2) is 0 Å². The van der Waals surface area contributed by atoms with E-state index in [9.17, 15) is 18.0 Å². The predicted molar refractivity (Wildman–Crippen MR) is 71.2 cm³/mol. The summed E-state index contributed by atoms with van der Waals surface area (Å²) in [6.07, 6.45) is -3.84. The minimum atomic E-state index is -4.57. The Morgan fingerprint density at radius 3 is 2.57 bits per heavy atom. The summed E-state index contributed by atoms with van der Waals surface area (Å²) in [4.78, 5) is 16.2. The van der Waals surface area contributed by atoms with Crippen LogP contribution < -0.4 is 5.32 Å². The summed E-state index contributed by atoms with van der Waals surface area (Å²) in [5.74, 6) is -0.562. The first-order valence-corrected chi connectivity index (χ1v) is 6.81. The van der Waals surface area contributed by atoms with Crippen molar-refractivity contribution in [1.29, 1.82) is 0 Å². The normalized spacial score (nSPS) is 11.5. The summed E-state index contributed by atoms with van der Waals surface area (Å²) < 4.78 is 37.2. The molecule has 0 bridgehead atoms. The number of carbonyl (C=O) groups is 1. The molecule has 21 heavy (non-hydrogen) atoms. The van der Waals surface area contributed by atoms with Crippen LogP contribution in [0.15, 0.2) is 12.1 Å². The zero-order chi connectivity index (χ0) is 15.6. The lowest BCUT2D eigenvalue weighted by Crippen LogP contribution is -2.14. The number of nitrogens with one attached hydrogen (secondary N) is 1. The predicted octanol–water partition coefficient (Wildman–Crippen LogP) is 3.08. The Balaban J connectivity index is 2.16. The lowest BCUT2D eigenvalue weighted by atomic mass is 10.1. The van der Waals surface area contributed by atoms with E-state index in [1.165, 1.54) is 0 Å². The molecule has 1 amide bonds. The van der Waals surface area contributed by atoms with Crippen molar-refractivity contribution < 1.29 is 18.0 Å². The van der Waals surface area contributed by atoms with E-state index in [2.05, 4.69) is 20.5 Å². The monoisotopic (exact) mass is 316 g/mol. The first kappa shape index (κ1) is 15.4. The van der Waals surface area contributed by atoms with Crippen molar-refractivity contribution in [3.8, 4) is 0 Å². The molecule has 2 aromatic heterocycles. The molecular weight excluding hydrogens is 305 g/mol. The van der Waals surface area contributed by atoms with Gasteiger partial charge in [-0.2, -0.15) is 13.2 Å². The number of rotatable bonds is 3. The average molecular weight is 316 g/mol. The van der Waals surface area contributed by atoms with Gasteiger partial charge in [-0.1, -0.05) is 18.3 Å². The lowest BCUT2D eigenvalue weighted by Gasteiger charge is -2.06. The fourth-order valence-corrected chi connectivity index (χ4v) is 2.21. The number of carbonyl (C=O) groups excluding carboxylic acids is 1. The van der Waals surface area contributed by atoms with Crippen molar-refractivity contribution in [2.45, 2.75) is 26.4 Å². The average Bonchev–Trinajstić information content (AvgIpc) is 2.86. The molecule has 2 rings (SSSR count). The van der Waals surface area contributed by atoms with Crippen LogP contribution in [-0.2, 0) is 12.6 Å². The van der Waals surface area contributed by atoms with Crippen LogP contribution in [-0.4, -0.2) is 21.1 Å². The van der Waals surface area contributed by atoms with Gasteiger partial charge in [-0.05, 0) is 25.5 Å². The zero-order valence-corrected chi connectivity index (χ0v) is 12.0. The number of alkyl halides is 3. The summed E-state index contributed by atoms with van der Waals surface area (Å²) in [6.45, 7) is 3.59. The molecule has 0 aliphatic heterocycles. The van der Waals surface area contributed by atoms with Crippen molar-refractivity contribution in [3.05, 3.63) is 34.1 Å². The van der Waals surface area contributed by atoms with Crippen LogP contribution in [0.1, 0.15) is 33.7 Å². The van der Waals surface area contributed by atoms with Crippen LogP contribution in [0.5, 0.6) is 0 Å². The molecule has 0 aliphatic carbocycles. The second-order valence-corrected chi connectivity index (χ2v) is 5.13. The minimum Gasteiger partial charge on any atom is -0.296 e. The van der Waals surface area contributed by atoms with Gasteiger partial charge in [0.1, 0.15) is 0 Å². The summed E-state index contributed by atoms with van der Waals surface area (Å²) >= 11 is 0.277. The smallest absolute Gasteiger partial charge is 0.296 e. The van der Waals surface area contributed by atoms with Gasteiger partial charge in [0.2, 0.25) is 10.1 Å². The third kappa shape index (κ3) is 3.54. The van der Waals surface area contributed by atoms with Gasteiger partial charge in [0.15, 0.2) is 0 Å². The Labute approximate surface area is 122 Å². The molecular formula is C12H11F3N4OS. The van der Waals surface area contributed by atoms with Gasteiger partial charge in [-0.15, -0.1) is 10.2 Å². The van der Waals surface area contributed by atoms with E-state index in [0.29, 0.717) is 5.69 Å². The van der Waals surface area contributed by atoms with E-state index in [4.69, 9.17) is 0 Å². The third-order valence-electron chi connectivity index (χ3n) is 2.64. The van der Waals surface area contributed by atoms with Crippen LogP contribution in [0.3, 0.4) is 0 Å². The second-order valence-electron chi connectivity index (χ2n) is 4.15. The number of amides is 1. The van der Waals surface area contributed by atoms with Crippen molar-refractivity contribution in [1.82, 2.24) is 15.2 Å². The molecule has 0 unspecified atom stereocenters. The van der Waals surface area contributed by atoms with E-state index >= 15 is 0 Å². The summed E-state index contributed by atoms with van der Waals surface area (Å²) in [5.41, 5.74) is 1.63. The van der Waals surface area contributed by atoms with Gasteiger partial charge in [-0.3, -0.25) is 15.1 Å². The van der Waals surface area contributed by atoms with E-state index in [1.807, 2.05) is 6.92 Å². The first-order valence-electron chi connectivity index (χ1n) is 6.00. The van der Waals surface area contributed by atoms with Gasteiger partial charge < -0.3 is 0 Å². The van der Waals surface area contributed by atoms with Crippen LogP contribution in [0, 0.1) is 6.92 Å². The fraction of sp³-hybridized carbons (Fsp3) is 0.333. The number of aryl methyl sites for hydroxylation is 2. The highest BCUT2D eigenvalue weighted by Gasteiger charge is 2.35. The molecule has 1 N–H and O–H groups in total. The van der Waals surface area contributed by atoms with Crippen LogP contribution in [0.4, 0.5) is 18.3 Å². The molecule has 2 heterocycles. The quantitative estimate of drug-likeness (QED) is 0.945. The highest BCUT2D eigenvalue weighted by atomic mass is 32.1. The maximum atomic E-state index is 12.4. The van der Waals surface area contributed by atoms with Gasteiger partial charge in [0.05, 0.1) is 11.3 Å². The number of anilines is 1. The summed E-state index contributed by atoms with van der Waals surface area (Å²) in [6, 6.07) is 3.28. The van der Waals surface area contributed by atoms with Crippen LogP contribution in [0.25, 0.3) is 0 Å². The Hall–Kier alpha value is -2.03. The Bertz CT molecular complexity index is 669. The third-order valence-corrected chi connectivity index (χ3v) is 3.52. The summed E-state index contributed by atoms with van der Waals surface area (Å²) in [7, 11) is 0. The molecule has 0 atom stereocenters. The Kier molecular flexibility index (Phi) is 4.21. The molecule has 0 aromatic carbocycles. The molecule has 0 aliphatic rings. The van der Waals surface area contributed by atoms with Crippen molar-refractivity contribution in [2.24, 2.45) is 0 Å². The van der Waals surface area contributed by atoms with Gasteiger partial charge in [0.25, 0.3) is 5.91 Å². The molecule has 9 heteroatoms. The number of aromatic nitrogens is 3.